The highest BCUT2D eigenvalue weighted by atomic mass is 16.5. The molecule has 1 amide bonds. The Hall–Kier alpha value is -1.35. The van der Waals surface area contributed by atoms with E-state index in [-0.39, 0.29) is 17.2 Å². The van der Waals surface area contributed by atoms with Gasteiger partial charge in [-0.1, -0.05) is 43.2 Å². The predicted molar refractivity (Wildman–Crippen MR) is 78.5 cm³/mol. The van der Waals surface area contributed by atoms with Crippen LogP contribution in [0.4, 0.5) is 0 Å². The maximum Gasteiger partial charge on any atom is 0.225 e. The smallest absolute Gasteiger partial charge is 0.225 e. The van der Waals surface area contributed by atoms with Gasteiger partial charge in [0.15, 0.2) is 0 Å². The lowest BCUT2D eigenvalue weighted by molar-refractivity contribution is -0.125. The molecular weight excluding hydrogens is 250 g/mol. The summed E-state index contributed by atoms with van der Waals surface area (Å²) in [6.45, 7) is 2.08. The standard InChI is InChI=1S/C17H23NO2/c19-16(14-8-11-20-12-14)18-13-17(9-4-5-10-17)15-6-2-1-3-7-15/h1-3,6-7,14H,4-5,8-13H2,(H,18,19)/t14-/m0/s1. The molecule has 3 heteroatoms. The topological polar surface area (TPSA) is 38.3 Å². The zero-order valence-corrected chi connectivity index (χ0v) is 11.9. The van der Waals surface area contributed by atoms with Gasteiger partial charge in [-0.15, -0.1) is 0 Å². The van der Waals surface area contributed by atoms with Gasteiger partial charge in [-0.2, -0.15) is 0 Å². The van der Waals surface area contributed by atoms with E-state index in [4.69, 9.17) is 4.74 Å². The van der Waals surface area contributed by atoms with E-state index in [2.05, 4.69) is 35.6 Å². The molecular formula is C17H23NO2. The van der Waals surface area contributed by atoms with Gasteiger partial charge in [0.25, 0.3) is 0 Å². The molecule has 1 aromatic carbocycles. The Morgan fingerprint density at radius 2 is 2.00 bits per heavy atom. The second-order valence-electron chi connectivity index (χ2n) is 6.13. The third kappa shape index (κ3) is 2.73. The minimum absolute atomic E-state index is 0.0595. The number of benzene rings is 1. The first-order valence-corrected chi connectivity index (χ1v) is 7.71. The van der Waals surface area contributed by atoms with E-state index in [1.165, 1.54) is 31.2 Å². The van der Waals surface area contributed by atoms with Gasteiger partial charge < -0.3 is 10.1 Å². The summed E-state index contributed by atoms with van der Waals surface area (Å²) in [5, 5.41) is 3.19. The number of amides is 1. The van der Waals surface area contributed by atoms with Gasteiger partial charge in [-0.05, 0) is 24.8 Å². The molecule has 0 radical (unpaired) electrons. The van der Waals surface area contributed by atoms with Gasteiger partial charge >= 0.3 is 0 Å². The summed E-state index contributed by atoms with van der Waals surface area (Å²) < 4.78 is 5.30. The fourth-order valence-electron chi connectivity index (χ4n) is 3.55. The minimum Gasteiger partial charge on any atom is -0.381 e. The average Bonchev–Trinajstić information content (AvgIpc) is 3.18. The molecule has 0 unspecified atom stereocenters. The Bertz CT molecular complexity index is 445. The number of ether oxygens (including phenoxy) is 1. The van der Waals surface area contributed by atoms with Crippen molar-refractivity contribution in [1.29, 1.82) is 0 Å². The summed E-state index contributed by atoms with van der Waals surface area (Å²) in [6, 6.07) is 10.7. The third-order valence-electron chi connectivity index (χ3n) is 4.85. The molecule has 20 heavy (non-hydrogen) atoms. The normalized spacial score (nSPS) is 24.7. The monoisotopic (exact) mass is 273 g/mol. The van der Waals surface area contributed by atoms with Gasteiger partial charge in [0.05, 0.1) is 12.5 Å². The molecule has 1 aromatic rings. The Morgan fingerprint density at radius 3 is 2.65 bits per heavy atom. The summed E-state index contributed by atoms with van der Waals surface area (Å²) in [4.78, 5) is 12.2. The lowest BCUT2D eigenvalue weighted by atomic mass is 9.78. The molecule has 0 bridgehead atoms. The Labute approximate surface area is 120 Å². The number of hydrogen-bond donors (Lipinski definition) is 1. The summed E-state index contributed by atoms with van der Waals surface area (Å²) >= 11 is 0. The molecule has 1 saturated heterocycles. The van der Waals surface area contributed by atoms with E-state index in [1.807, 2.05) is 0 Å². The Kier molecular flexibility index (Phi) is 4.06. The second kappa shape index (κ2) is 5.96. The highest BCUT2D eigenvalue weighted by Gasteiger charge is 2.36. The van der Waals surface area contributed by atoms with E-state index >= 15 is 0 Å². The third-order valence-corrected chi connectivity index (χ3v) is 4.85. The molecule has 2 aliphatic rings. The lowest BCUT2D eigenvalue weighted by Gasteiger charge is -2.30. The van der Waals surface area contributed by atoms with Crippen LogP contribution in [0.2, 0.25) is 0 Å². The van der Waals surface area contributed by atoms with Crippen LogP contribution in [-0.2, 0) is 14.9 Å². The molecule has 1 N–H and O–H groups in total. The second-order valence-corrected chi connectivity index (χ2v) is 6.13. The van der Waals surface area contributed by atoms with Gasteiger partial charge in [0.1, 0.15) is 0 Å². The van der Waals surface area contributed by atoms with E-state index in [1.54, 1.807) is 0 Å². The number of rotatable bonds is 4. The largest absolute Gasteiger partial charge is 0.381 e. The summed E-state index contributed by atoms with van der Waals surface area (Å²) in [7, 11) is 0. The van der Waals surface area contributed by atoms with Crippen molar-refractivity contribution >= 4 is 5.91 Å². The summed E-state index contributed by atoms with van der Waals surface area (Å²) in [6.07, 6.45) is 5.75. The maximum absolute atomic E-state index is 12.2. The van der Waals surface area contributed by atoms with Crippen LogP contribution in [0.3, 0.4) is 0 Å². The van der Waals surface area contributed by atoms with Gasteiger partial charge in [-0.3, -0.25) is 4.79 Å². The van der Waals surface area contributed by atoms with E-state index < -0.39 is 0 Å². The van der Waals surface area contributed by atoms with Crippen molar-refractivity contribution < 1.29 is 9.53 Å². The first kappa shape index (κ1) is 13.6. The minimum atomic E-state index is 0.0595. The van der Waals surface area contributed by atoms with Crippen molar-refractivity contribution in [2.75, 3.05) is 19.8 Å². The average molecular weight is 273 g/mol. The molecule has 1 saturated carbocycles. The van der Waals surface area contributed by atoms with Crippen molar-refractivity contribution in [3.8, 4) is 0 Å². The maximum atomic E-state index is 12.2. The van der Waals surface area contributed by atoms with E-state index in [9.17, 15) is 4.79 Å². The van der Waals surface area contributed by atoms with Crippen LogP contribution in [0.1, 0.15) is 37.7 Å². The quantitative estimate of drug-likeness (QED) is 0.916. The molecule has 3 nitrogen and oxygen atoms in total. The van der Waals surface area contributed by atoms with Crippen LogP contribution in [0.25, 0.3) is 0 Å². The van der Waals surface area contributed by atoms with Gasteiger partial charge in [0.2, 0.25) is 5.91 Å². The van der Waals surface area contributed by atoms with Crippen molar-refractivity contribution in [3.05, 3.63) is 35.9 Å². The number of hydrogen-bond acceptors (Lipinski definition) is 2. The van der Waals surface area contributed by atoms with Crippen LogP contribution >= 0.6 is 0 Å². The molecule has 1 heterocycles. The molecule has 0 aromatic heterocycles. The first-order valence-electron chi connectivity index (χ1n) is 7.71. The molecule has 108 valence electrons. The predicted octanol–water partition coefficient (Wildman–Crippen LogP) is 2.65. The molecule has 1 aliphatic carbocycles. The highest BCUT2D eigenvalue weighted by Crippen LogP contribution is 2.40. The zero-order valence-electron chi connectivity index (χ0n) is 11.9. The van der Waals surface area contributed by atoms with Crippen molar-refractivity contribution in [2.45, 2.75) is 37.5 Å². The zero-order chi connectivity index (χ0) is 13.8. The lowest BCUT2D eigenvalue weighted by Crippen LogP contribution is -2.41. The van der Waals surface area contributed by atoms with Crippen molar-refractivity contribution in [3.63, 3.8) is 0 Å². The molecule has 1 atom stereocenters. The molecule has 2 fully saturated rings. The van der Waals surface area contributed by atoms with E-state index in [0.29, 0.717) is 6.61 Å². The van der Waals surface area contributed by atoms with Crippen LogP contribution in [0, 0.1) is 5.92 Å². The molecule has 3 rings (SSSR count). The SMILES string of the molecule is O=C(NCC1(c2ccccc2)CCCC1)[C@H]1CCOC1. The molecule has 1 aliphatic heterocycles. The van der Waals surface area contributed by atoms with Gasteiger partial charge in [0, 0.05) is 18.6 Å². The first-order chi connectivity index (χ1) is 9.80. The Morgan fingerprint density at radius 1 is 1.25 bits per heavy atom. The number of carbonyl (C=O) groups excluding carboxylic acids is 1. The van der Waals surface area contributed by atoms with Crippen LogP contribution in [0.5, 0.6) is 0 Å². The summed E-state index contributed by atoms with van der Waals surface area (Å²) in [5.74, 6) is 0.230. The van der Waals surface area contributed by atoms with Gasteiger partial charge in [-0.25, -0.2) is 0 Å². The van der Waals surface area contributed by atoms with Crippen molar-refractivity contribution in [1.82, 2.24) is 5.32 Å². The summed E-state index contributed by atoms with van der Waals surface area (Å²) in [5.41, 5.74) is 1.52. The highest BCUT2D eigenvalue weighted by molar-refractivity contribution is 5.79. The molecule has 0 spiro atoms. The Balaban J connectivity index is 1.67. The van der Waals surface area contributed by atoms with E-state index in [0.717, 1.165) is 19.6 Å². The fourth-order valence-corrected chi connectivity index (χ4v) is 3.55. The fraction of sp³-hybridized carbons (Fsp3) is 0.588. The van der Waals surface area contributed by atoms with Crippen LogP contribution in [0.15, 0.2) is 30.3 Å². The number of nitrogens with one attached hydrogen (secondary N) is 1. The number of carbonyl (C=O) groups is 1. The van der Waals surface area contributed by atoms with Crippen LogP contribution < -0.4 is 5.32 Å². The van der Waals surface area contributed by atoms with Crippen molar-refractivity contribution in [2.24, 2.45) is 5.92 Å². The van der Waals surface area contributed by atoms with Crippen LogP contribution in [-0.4, -0.2) is 25.7 Å².